The fourth-order valence-corrected chi connectivity index (χ4v) is 2.92. The third-order valence-corrected chi connectivity index (χ3v) is 4.26. The molecule has 1 aliphatic rings. The highest BCUT2D eigenvalue weighted by Crippen LogP contribution is 2.24. The van der Waals surface area contributed by atoms with Gasteiger partial charge >= 0.3 is 6.03 Å². The normalized spacial score (nSPS) is 17.2. The number of amides is 3. The number of anilines is 1. The van der Waals surface area contributed by atoms with E-state index in [2.05, 4.69) is 10.4 Å². The number of carbonyl (C=O) groups is 2. The number of nitrogens with two attached hydrogens (primary N) is 1. The second-order valence-electron chi connectivity index (χ2n) is 5.99. The first-order chi connectivity index (χ1) is 12.1. The highest BCUT2D eigenvalue weighted by atomic mass is 16.5. The summed E-state index contributed by atoms with van der Waals surface area (Å²) in [6.45, 7) is 0.947. The second-order valence-corrected chi connectivity index (χ2v) is 5.99. The van der Waals surface area contributed by atoms with E-state index >= 15 is 0 Å². The lowest BCUT2D eigenvalue weighted by molar-refractivity contribution is -0.123. The number of aromatic nitrogens is 2. The fraction of sp³-hybridized carbons (Fsp3) is 0.353. The molecule has 0 radical (unpaired) electrons. The average molecular weight is 343 g/mol. The quantitative estimate of drug-likeness (QED) is 0.880. The molecule has 0 bridgehead atoms. The third kappa shape index (κ3) is 3.90. The van der Waals surface area contributed by atoms with E-state index in [0.29, 0.717) is 24.5 Å². The van der Waals surface area contributed by atoms with Crippen molar-refractivity contribution in [1.82, 2.24) is 14.7 Å². The Labute approximate surface area is 145 Å². The minimum atomic E-state index is -0.361. The molecule has 2 heterocycles. The van der Waals surface area contributed by atoms with Gasteiger partial charge in [0.2, 0.25) is 5.91 Å². The molecule has 0 spiro atoms. The molecule has 8 nitrogen and oxygen atoms in total. The maximum Gasteiger partial charge on any atom is 0.321 e. The minimum Gasteiger partial charge on any atom is -0.497 e. The molecule has 1 aromatic heterocycles. The molecule has 3 N–H and O–H groups in total. The highest BCUT2D eigenvalue weighted by Gasteiger charge is 2.27. The van der Waals surface area contributed by atoms with Crippen LogP contribution in [0.1, 0.15) is 12.8 Å². The Hall–Kier alpha value is -3.03. The average Bonchev–Trinajstić information content (AvgIpc) is 3.16. The number of rotatable bonds is 4. The molecule has 25 heavy (non-hydrogen) atoms. The van der Waals surface area contributed by atoms with E-state index in [4.69, 9.17) is 10.5 Å². The van der Waals surface area contributed by atoms with E-state index in [9.17, 15) is 9.59 Å². The van der Waals surface area contributed by atoms with Crippen molar-refractivity contribution in [3.05, 3.63) is 36.7 Å². The van der Waals surface area contributed by atoms with Gasteiger partial charge < -0.3 is 20.7 Å². The van der Waals surface area contributed by atoms with E-state index in [0.717, 1.165) is 18.5 Å². The SMILES string of the molecule is COc1cc(NC(=O)N2CCC[C@@H](C(N)=O)C2)cc(-n2cccn2)c1. The highest BCUT2D eigenvalue weighted by molar-refractivity contribution is 5.90. The van der Waals surface area contributed by atoms with Crippen LogP contribution in [0.3, 0.4) is 0 Å². The van der Waals surface area contributed by atoms with Gasteiger partial charge in [0.1, 0.15) is 5.75 Å². The van der Waals surface area contributed by atoms with Gasteiger partial charge in [0.15, 0.2) is 0 Å². The third-order valence-electron chi connectivity index (χ3n) is 4.26. The van der Waals surface area contributed by atoms with Crippen molar-refractivity contribution < 1.29 is 14.3 Å². The Kier molecular flexibility index (Phi) is 4.87. The van der Waals surface area contributed by atoms with Crippen molar-refractivity contribution in [2.45, 2.75) is 12.8 Å². The molecule has 0 aliphatic carbocycles. The van der Waals surface area contributed by atoms with Crippen molar-refractivity contribution in [1.29, 1.82) is 0 Å². The predicted octanol–water partition coefficient (Wildman–Crippen LogP) is 1.61. The van der Waals surface area contributed by atoms with Crippen LogP contribution in [0.4, 0.5) is 10.5 Å². The molecule has 3 rings (SSSR count). The lowest BCUT2D eigenvalue weighted by atomic mass is 9.98. The molecule has 1 fully saturated rings. The summed E-state index contributed by atoms with van der Waals surface area (Å²) in [4.78, 5) is 25.5. The van der Waals surface area contributed by atoms with Crippen LogP contribution in [0.25, 0.3) is 5.69 Å². The van der Waals surface area contributed by atoms with E-state index in [-0.39, 0.29) is 17.9 Å². The largest absolute Gasteiger partial charge is 0.497 e. The molecule has 1 saturated heterocycles. The van der Waals surface area contributed by atoms with Crippen LogP contribution in [-0.2, 0) is 4.79 Å². The zero-order chi connectivity index (χ0) is 17.8. The molecule has 1 aliphatic heterocycles. The standard InChI is InChI=1S/C17H21N5O3/c1-25-15-9-13(8-14(10-15)22-7-3-5-19-22)20-17(24)21-6-2-4-12(11-21)16(18)23/h3,5,7-10,12H,2,4,6,11H2,1H3,(H2,18,23)(H,20,24)/t12-/m1/s1. The van der Waals surface area contributed by atoms with E-state index in [1.54, 1.807) is 29.0 Å². The maximum absolute atomic E-state index is 12.5. The number of piperidine rings is 1. The lowest BCUT2D eigenvalue weighted by Crippen LogP contribution is -2.45. The molecular weight excluding hydrogens is 322 g/mol. The van der Waals surface area contributed by atoms with Gasteiger partial charge in [-0.25, -0.2) is 9.48 Å². The summed E-state index contributed by atoms with van der Waals surface area (Å²) in [5.41, 5.74) is 6.74. The molecular formula is C17H21N5O3. The number of urea groups is 1. The minimum absolute atomic E-state index is 0.259. The molecule has 132 valence electrons. The number of primary amides is 1. The van der Waals surface area contributed by atoms with Crippen molar-refractivity contribution in [3.8, 4) is 11.4 Å². The molecule has 8 heteroatoms. The van der Waals surface area contributed by atoms with Gasteiger partial charge in [0, 0.05) is 43.3 Å². The number of nitrogens with one attached hydrogen (secondary N) is 1. The first-order valence-corrected chi connectivity index (χ1v) is 8.11. The topological polar surface area (TPSA) is 102 Å². The Bertz CT molecular complexity index is 760. The van der Waals surface area contributed by atoms with Crippen molar-refractivity contribution in [2.24, 2.45) is 11.7 Å². The van der Waals surface area contributed by atoms with Crippen LogP contribution in [0.5, 0.6) is 5.75 Å². The van der Waals surface area contributed by atoms with Gasteiger partial charge in [0.05, 0.1) is 18.7 Å². The zero-order valence-corrected chi connectivity index (χ0v) is 14.0. The number of likely N-dealkylation sites (tertiary alicyclic amines) is 1. The van der Waals surface area contributed by atoms with E-state index in [1.165, 1.54) is 0 Å². The fourth-order valence-electron chi connectivity index (χ4n) is 2.92. The van der Waals surface area contributed by atoms with Crippen LogP contribution < -0.4 is 15.8 Å². The zero-order valence-electron chi connectivity index (χ0n) is 14.0. The lowest BCUT2D eigenvalue weighted by Gasteiger charge is -2.31. The van der Waals surface area contributed by atoms with Gasteiger partial charge in [0.25, 0.3) is 0 Å². The maximum atomic E-state index is 12.5. The van der Waals surface area contributed by atoms with Gasteiger partial charge in [-0.2, -0.15) is 5.10 Å². The number of nitrogens with zero attached hydrogens (tertiary/aromatic N) is 3. The first-order valence-electron chi connectivity index (χ1n) is 8.11. The first kappa shape index (κ1) is 16.8. The Morgan fingerprint density at radius 1 is 1.36 bits per heavy atom. The number of benzene rings is 1. The van der Waals surface area contributed by atoms with Crippen LogP contribution >= 0.6 is 0 Å². The molecule has 1 atom stereocenters. The molecule has 0 unspecified atom stereocenters. The summed E-state index contributed by atoms with van der Waals surface area (Å²) < 4.78 is 6.98. The summed E-state index contributed by atoms with van der Waals surface area (Å²) in [6, 6.07) is 6.93. The smallest absolute Gasteiger partial charge is 0.321 e. The van der Waals surface area contributed by atoms with Crippen molar-refractivity contribution in [3.63, 3.8) is 0 Å². The van der Waals surface area contributed by atoms with Crippen LogP contribution in [0.2, 0.25) is 0 Å². The number of hydrogen-bond donors (Lipinski definition) is 2. The number of ether oxygens (including phenoxy) is 1. The monoisotopic (exact) mass is 343 g/mol. The van der Waals surface area contributed by atoms with Crippen LogP contribution in [0.15, 0.2) is 36.7 Å². The van der Waals surface area contributed by atoms with Crippen LogP contribution in [0, 0.1) is 5.92 Å². The summed E-state index contributed by atoms with van der Waals surface area (Å²) >= 11 is 0. The second kappa shape index (κ2) is 7.25. The Balaban J connectivity index is 1.76. The molecule has 1 aromatic carbocycles. The Morgan fingerprint density at radius 3 is 2.88 bits per heavy atom. The predicted molar refractivity (Wildman–Crippen MR) is 92.6 cm³/mol. The summed E-state index contributed by atoms with van der Waals surface area (Å²) in [7, 11) is 1.57. The van der Waals surface area contributed by atoms with Crippen molar-refractivity contribution in [2.75, 3.05) is 25.5 Å². The Morgan fingerprint density at radius 2 is 2.20 bits per heavy atom. The van der Waals surface area contributed by atoms with Gasteiger partial charge in [-0.05, 0) is 25.0 Å². The summed E-state index contributed by atoms with van der Waals surface area (Å²) in [5.74, 6) is -0.0405. The summed E-state index contributed by atoms with van der Waals surface area (Å²) in [6.07, 6.45) is 4.97. The van der Waals surface area contributed by atoms with E-state index in [1.807, 2.05) is 24.4 Å². The molecule has 0 saturated carbocycles. The van der Waals surface area contributed by atoms with Gasteiger partial charge in [-0.1, -0.05) is 0 Å². The summed E-state index contributed by atoms with van der Waals surface area (Å²) in [5, 5.41) is 7.05. The molecule has 3 amide bonds. The molecule has 2 aromatic rings. The number of hydrogen-bond acceptors (Lipinski definition) is 4. The van der Waals surface area contributed by atoms with Gasteiger partial charge in [-0.3, -0.25) is 4.79 Å². The number of methoxy groups -OCH3 is 1. The van der Waals surface area contributed by atoms with Gasteiger partial charge in [-0.15, -0.1) is 0 Å². The van der Waals surface area contributed by atoms with E-state index < -0.39 is 0 Å². The number of carbonyl (C=O) groups excluding carboxylic acids is 2. The van der Waals surface area contributed by atoms with Crippen LogP contribution in [-0.4, -0.2) is 46.8 Å². The van der Waals surface area contributed by atoms with Crippen molar-refractivity contribution >= 4 is 17.6 Å².